The van der Waals surface area contributed by atoms with Crippen LogP contribution in [0.15, 0.2) is 68.8 Å². The van der Waals surface area contributed by atoms with Crippen molar-refractivity contribution in [2.24, 2.45) is 4.99 Å². The van der Waals surface area contributed by atoms with Gasteiger partial charge in [-0.25, -0.2) is 4.79 Å². The highest BCUT2D eigenvalue weighted by Gasteiger charge is 2.21. The summed E-state index contributed by atoms with van der Waals surface area (Å²) in [6.45, 7) is 5.67. The summed E-state index contributed by atoms with van der Waals surface area (Å²) in [5.74, 6) is 0.0455. The Kier molecular flexibility index (Phi) is 6.92. The highest BCUT2D eigenvalue weighted by atomic mass is 16.5. The molecule has 1 unspecified atom stereocenters. The number of fused-ring (bicyclic) bond motifs is 1. The molecule has 0 aliphatic rings. The average Bonchev–Trinajstić information content (AvgIpc) is 2.87. The zero-order valence-electron chi connectivity index (χ0n) is 21.0. The number of benzene rings is 3. The predicted molar refractivity (Wildman–Crippen MR) is 145 cm³/mol. The third-order valence-electron chi connectivity index (χ3n) is 6.18. The fourth-order valence-electron chi connectivity index (χ4n) is 4.34. The summed E-state index contributed by atoms with van der Waals surface area (Å²) < 4.78 is 11.4. The Labute approximate surface area is 209 Å². The quantitative estimate of drug-likeness (QED) is 0.208. The molecule has 0 bridgehead atoms. The Morgan fingerprint density at radius 1 is 1.14 bits per heavy atom. The fourth-order valence-corrected chi connectivity index (χ4v) is 4.34. The highest BCUT2D eigenvalue weighted by molar-refractivity contribution is 5.96. The molecule has 0 saturated heterocycles. The molecule has 0 radical (unpaired) electrons. The number of carbonyl (C=O) groups is 1. The number of nitrogen functional groups attached to an aromatic ring is 1. The van der Waals surface area contributed by atoms with Crippen LogP contribution in [0.2, 0.25) is 0 Å². The van der Waals surface area contributed by atoms with E-state index in [-0.39, 0.29) is 11.5 Å². The van der Waals surface area contributed by atoms with Gasteiger partial charge in [0.25, 0.3) is 0 Å². The minimum Gasteiger partial charge on any atom is -0.465 e. The van der Waals surface area contributed by atoms with E-state index in [1.807, 2.05) is 50.2 Å². The second-order valence-electron chi connectivity index (χ2n) is 8.75. The zero-order valence-corrected chi connectivity index (χ0v) is 21.0. The van der Waals surface area contributed by atoms with Crippen molar-refractivity contribution in [3.63, 3.8) is 0 Å². The minimum absolute atomic E-state index is 0.0964. The topological polar surface area (TPSA) is 107 Å². The molecule has 0 saturated carbocycles. The van der Waals surface area contributed by atoms with E-state index in [1.54, 1.807) is 38.4 Å². The molecule has 36 heavy (non-hydrogen) atoms. The summed E-state index contributed by atoms with van der Waals surface area (Å²) >= 11 is 0. The minimum atomic E-state index is -0.432. The third-order valence-corrected chi connectivity index (χ3v) is 6.18. The number of anilines is 2. The molecule has 184 valence electrons. The van der Waals surface area contributed by atoms with Gasteiger partial charge in [0.15, 0.2) is 5.43 Å². The number of ether oxygens (including phenoxy) is 1. The van der Waals surface area contributed by atoms with Crippen molar-refractivity contribution < 1.29 is 13.9 Å². The Morgan fingerprint density at radius 2 is 1.89 bits per heavy atom. The smallest absolute Gasteiger partial charge is 0.339 e. The van der Waals surface area contributed by atoms with Crippen LogP contribution in [0.1, 0.15) is 45.6 Å². The van der Waals surface area contributed by atoms with Crippen LogP contribution in [0.3, 0.4) is 0 Å². The standard InChI is InChI=1S/C29H29N3O4/c1-16-12-22(18(3)32-25-9-7-6-8-21(25)29(34)35-5)28-23(13-16)26(33)17(2)27(36-28)19-10-11-24(30)20(14-19)15-31-4/h6-15,18,32H,30H2,1-5H3. The molecule has 0 aliphatic carbocycles. The van der Waals surface area contributed by atoms with E-state index in [9.17, 15) is 9.59 Å². The number of nitrogens with two attached hydrogens (primary N) is 1. The van der Waals surface area contributed by atoms with Gasteiger partial charge in [0, 0.05) is 46.9 Å². The van der Waals surface area contributed by atoms with E-state index in [2.05, 4.69) is 10.3 Å². The molecular formula is C29H29N3O4. The van der Waals surface area contributed by atoms with Crippen molar-refractivity contribution in [3.05, 3.63) is 92.6 Å². The number of esters is 1. The zero-order chi connectivity index (χ0) is 26.0. The van der Waals surface area contributed by atoms with Gasteiger partial charge in [0.1, 0.15) is 11.3 Å². The van der Waals surface area contributed by atoms with E-state index in [0.717, 1.165) is 22.3 Å². The van der Waals surface area contributed by atoms with Gasteiger partial charge in [-0.3, -0.25) is 9.79 Å². The van der Waals surface area contributed by atoms with Gasteiger partial charge in [-0.15, -0.1) is 0 Å². The lowest BCUT2D eigenvalue weighted by molar-refractivity contribution is 0.0602. The Hall–Kier alpha value is -4.39. The van der Waals surface area contributed by atoms with E-state index >= 15 is 0 Å². The van der Waals surface area contributed by atoms with Crippen LogP contribution in [0.25, 0.3) is 22.3 Å². The maximum atomic E-state index is 13.5. The van der Waals surface area contributed by atoms with Gasteiger partial charge in [-0.05, 0) is 62.7 Å². The molecule has 7 nitrogen and oxygen atoms in total. The second-order valence-corrected chi connectivity index (χ2v) is 8.75. The molecule has 7 heteroatoms. The van der Waals surface area contributed by atoms with Gasteiger partial charge in [0.2, 0.25) is 0 Å². The summed E-state index contributed by atoms with van der Waals surface area (Å²) in [6.07, 6.45) is 1.67. The van der Waals surface area contributed by atoms with E-state index < -0.39 is 5.97 Å². The SMILES string of the molecule is CN=Cc1cc(-c2oc3c(C(C)Nc4ccccc4C(=O)OC)cc(C)cc3c(=O)c2C)ccc1N. The van der Waals surface area contributed by atoms with Gasteiger partial charge >= 0.3 is 5.97 Å². The third kappa shape index (κ3) is 4.60. The summed E-state index contributed by atoms with van der Waals surface area (Å²) in [7, 11) is 3.03. The number of methoxy groups -OCH3 is 1. The average molecular weight is 484 g/mol. The molecule has 4 aromatic rings. The number of carbonyl (C=O) groups excluding carboxylic acids is 1. The first-order valence-corrected chi connectivity index (χ1v) is 11.6. The van der Waals surface area contributed by atoms with Crippen LogP contribution in [-0.2, 0) is 4.74 Å². The fraction of sp³-hybridized carbons (Fsp3) is 0.207. The number of nitrogens with one attached hydrogen (secondary N) is 1. The summed E-state index contributed by atoms with van der Waals surface area (Å²) in [5.41, 5.74) is 11.8. The first-order chi connectivity index (χ1) is 17.2. The van der Waals surface area contributed by atoms with Crippen LogP contribution >= 0.6 is 0 Å². The molecular weight excluding hydrogens is 454 g/mol. The van der Waals surface area contributed by atoms with Crippen LogP contribution in [0.5, 0.6) is 0 Å². The molecule has 1 atom stereocenters. The van der Waals surface area contributed by atoms with Crippen molar-refractivity contribution >= 4 is 34.5 Å². The molecule has 1 heterocycles. The van der Waals surface area contributed by atoms with E-state index in [0.29, 0.717) is 39.2 Å². The number of rotatable bonds is 6. The molecule has 3 N–H and O–H groups in total. The van der Waals surface area contributed by atoms with Crippen molar-refractivity contribution in [2.75, 3.05) is 25.2 Å². The molecule has 3 aromatic carbocycles. The molecule has 0 fully saturated rings. The number of hydrogen-bond acceptors (Lipinski definition) is 7. The monoisotopic (exact) mass is 483 g/mol. The molecule has 1 aromatic heterocycles. The first-order valence-electron chi connectivity index (χ1n) is 11.6. The van der Waals surface area contributed by atoms with Crippen molar-refractivity contribution in [2.45, 2.75) is 26.8 Å². The maximum absolute atomic E-state index is 13.5. The lowest BCUT2D eigenvalue weighted by Gasteiger charge is -2.20. The second kappa shape index (κ2) is 10.1. The normalized spacial score (nSPS) is 12.1. The summed E-state index contributed by atoms with van der Waals surface area (Å²) in [5, 5.41) is 3.90. The van der Waals surface area contributed by atoms with Gasteiger partial charge in [-0.1, -0.05) is 18.2 Å². The Morgan fingerprint density at radius 3 is 2.61 bits per heavy atom. The van der Waals surface area contributed by atoms with Gasteiger partial charge in [-0.2, -0.15) is 0 Å². The first kappa shape index (κ1) is 24.7. The number of aliphatic imine (C=N–C) groups is 1. The molecule has 0 aliphatic heterocycles. The van der Waals surface area contributed by atoms with Crippen LogP contribution in [-0.4, -0.2) is 26.3 Å². The molecule has 4 rings (SSSR count). The largest absolute Gasteiger partial charge is 0.465 e. The lowest BCUT2D eigenvalue weighted by atomic mass is 9.98. The maximum Gasteiger partial charge on any atom is 0.339 e. The van der Waals surface area contributed by atoms with Crippen molar-refractivity contribution in [3.8, 4) is 11.3 Å². The number of hydrogen-bond donors (Lipinski definition) is 2. The number of nitrogens with zero attached hydrogens (tertiary/aromatic N) is 1. The Balaban J connectivity index is 1.89. The lowest BCUT2D eigenvalue weighted by Crippen LogP contribution is -2.14. The van der Waals surface area contributed by atoms with Crippen LogP contribution in [0.4, 0.5) is 11.4 Å². The van der Waals surface area contributed by atoms with E-state index in [4.69, 9.17) is 14.9 Å². The molecule has 0 spiro atoms. The predicted octanol–water partition coefficient (Wildman–Crippen LogP) is 5.67. The molecule has 0 amide bonds. The van der Waals surface area contributed by atoms with Crippen molar-refractivity contribution in [1.82, 2.24) is 0 Å². The van der Waals surface area contributed by atoms with Crippen molar-refractivity contribution in [1.29, 1.82) is 0 Å². The highest BCUT2D eigenvalue weighted by Crippen LogP contribution is 2.33. The summed E-state index contributed by atoms with van der Waals surface area (Å²) in [6, 6.07) is 16.2. The van der Waals surface area contributed by atoms with Gasteiger partial charge < -0.3 is 20.2 Å². The Bertz CT molecular complexity index is 1550. The van der Waals surface area contributed by atoms with Gasteiger partial charge in [0.05, 0.1) is 24.1 Å². The summed E-state index contributed by atoms with van der Waals surface area (Å²) in [4.78, 5) is 29.8. The van der Waals surface area contributed by atoms with Crippen LogP contribution < -0.4 is 16.5 Å². The number of aryl methyl sites for hydroxylation is 1. The van der Waals surface area contributed by atoms with Crippen LogP contribution in [0, 0.1) is 13.8 Å². The van der Waals surface area contributed by atoms with E-state index in [1.165, 1.54) is 7.11 Å². The number of para-hydroxylation sites is 1.